The van der Waals surface area contributed by atoms with Gasteiger partial charge in [0.15, 0.2) is 0 Å². The fourth-order valence-corrected chi connectivity index (χ4v) is 0.850. The SMILES string of the molecule is C#CCCCCCC=CC(=O)O. The first kappa shape index (κ1) is 10.8. The van der Waals surface area contributed by atoms with Gasteiger partial charge in [-0.15, -0.1) is 12.3 Å². The van der Waals surface area contributed by atoms with Gasteiger partial charge in [-0.1, -0.05) is 12.5 Å². The molecule has 0 amide bonds. The number of carboxylic acid groups (broad SMARTS) is 1. The van der Waals surface area contributed by atoms with Crippen molar-refractivity contribution in [3.8, 4) is 12.3 Å². The standard InChI is InChI=1S/C10H14O2/c1-2-3-4-5-6-7-8-9-10(11)12/h1,8-9H,3-7H2,(H,11,12). The Morgan fingerprint density at radius 3 is 2.75 bits per heavy atom. The number of terminal acetylenes is 1. The Morgan fingerprint density at radius 1 is 1.42 bits per heavy atom. The average molecular weight is 166 g/mol. The predicted octanol–water partition coefficient (Wildman–Crippen LogP) is 2.21. The lowest BCUT2D eigenvalue weighted by Gasteiger charge is -1.92. The van der Waals surface area contributed by atoms with Gasteiger partial charge >= 0.3 is 5.97 Å². The van der Waals surface area contributed by atoms with Gasteiger partial charge in [0.2, 0.25) is 0 Å². The normalized spacial score (nSPS) is 9.92. The molecule has 0 rings (SSSR count). The van der Waals surface area contributed by atoms with Crippen molar-refractivity contribution >= 4 is 5.97 Å². The highest BCUT2D eigenvalue weighted by Crippen LogP contribution is 2.02. The van der Waals surface area contributed by atoms with Gasteiger partial charge in [-0.3, -0.25) is 0 Å². The molecule has 66 valence electrons. The van der Waals surface area contributed by atoms with Crippen molar-refractivity contribution in [3.05, 3.63) is 12.2 Å². The summed E-state index contributed by atoms with van der Waals surface area (Å²) in [7, 11) is 0. The number of carboxylic acids is 1. The van der Waals surface area contributed by atoms with Gasteiger partial charge in [0.25, 0.3) is 0 Å². The van der Waals surface area contributed by atoms with E-state index >= 15 is 0 Å². The van der Waals surface area contributed by atoms with Gasteiger partial charge in [0.05, 0.1) is 0 Å². The quantitative estimate of drug-likeness (QED) is 0.373. The van der Waals surface area contributed by atoms with E-state index in [9.17, 15) is 4.79 Å². The molecule has 2 nitrogen and oxygen atoms in total. The van der Waals surface area contributed by atoms with Crippen LogP contribution in [0.4, 0.5) is 0 Å². The van der Waals surface area contributed by atoms with Crippen molar-refractivity contribution in [2.45, 2.75) is 32.1 Å². The van der Waals surface area contributed by atoms with Crippen LogP contribution < -0.4 is 0 Å². The van der Waals surface area contributed by atoms with Crippen molar-refractivity contribution in [1.82, 2.24) is 0 Å². The Morgan fingerprint density at radius 2 is 2.17 bits per heavy atom. The van der Waals surface area contributed by atoms with Crippen LogP contribution in [0.5, 0.6) is 0 Å². The zero-order chi connectivity index (χ0) is 9.23. The molecule has 0 aromatic heterocycles. The molecule has 0 saturated carbocycles. The Bertz CT molecular complexity index is 187. The van der Waals surface area contributed by atoms with Gasteiger partial charge in [0, 0.05) is 12.5 Å². The molecular formula is C10H14O2. The van der Waals surface area contributed by atoms with Crippen LogP contribution in [0.25, 0.3) is 0 Å². The minimum Gasteiger partial charge on any atom is -0.478 e. The first-order valence-corrected chi connectivity index (χ1v) is 4.10. The van der Waals surface area contributed by atoms with E-state index in [4.69, 9.17) is 11.5 Å². The summed E-state index contributed by atoms with van der Waals surface area (Å²) in [6.45, 7) is 0. The zero-order valence-corrected chi connectivity index (χ0v) is 7.12. The largest absolute Gasteiger partial charge is 0.478 e. The predicted molar refractivity (Wildman–Crippen MR) is 48.7 cm³/mol. The molecule has 1 N–H and O–H groups in total. The molecular weight excluding hydrogens is 152 g/mol. The topological polar surface area (TPSA) is 37.3 Å². The van der Waals surface area contributed by atoms with Crippen molar-refractivity contribution in [2.24, 2.45) is 0 Å². The molecule has 0 bridgehead atoms. The maximum atomic E-state index is 10.0. The van der Waals surface area contributed by atoms with Crippen LogP contribution in [-0.2, 0) is 4.79 Å². The summed E-state index contributed by atoms with van der Waals surface area (Å²) < 4.78 is 0. The third-order valence-electron chi connectivity index (χ3n) is 1.45. The van der Waals surface area contributed by atoms with Gasteiger partial charge < -0.3 is 5.11 Å². The molecule has 0 spiro atoms. The molecule has 0 aromatic carbocycles. The summed E-state index contributed by atoms with van der Waals surface area (Å²) in [6, 6.07) is 0. The fraction of sp³-hybridized carbons (Fsp3) is 0.500. The Balaban J connectivity index is 3.11. The third-order valence-corrected chi connectivity index (χ3v) is 1.45. The Kier molecular flexibility index (Phi) is 7.07. The van der Waals surface area contributed by atoms with Crippen LogP contribution in [0, 0.1) is 12.3 Å². The summed E-state index contributed by atoms with van der Waals surface area (Å²) in [5.74, 6) is 1.69. The second-order valence-corrected chi connectivity index (χ2v) is 2.54. The minimum atomic E-state index is -0.876. The number of allylic oxidation sites excluding steroid dienone is 1. The summed E-state index contributed by atoms with van der Waals surface area (Å²) in [6.07, 6.45) is 12.7. The maximum Gasteiger partial charge on any atom is 0.327 e. The van der Waals surface area contributed by atoms with E-state index in [1.54, 1.807) is 6.08 Å². The van der Waals surface area contributed by atoms with Crippen molar-refractivity contribution < 1.29 is 9.90 Å². The van der Waals surface area contributed by atoms with Crippen LogP contribution in [-0.4, -0.2) is 11.1 Å². The maximum absolute atomic E-state index is 10.0. The monoisotopic (exact) mass is 166 g/mol. The second kappa shape index (κ2) is 7.87. The summed E-state index contributed by atoms with van der Waals surface area (Å²) >= 11 is 0. The van der Waals surface area contributed by atoms with E-state index in [0.29, 0.717) is 0 Å². The van der Waals surface area contributed by atoms with Crippen LogP contribution >= 0.6 is 0 Å². The molecule has 0 aliphatic heterocycles. The zero-order valence-electron chi connectivity index (χ0n) is 7.12. The number of carbonyl (C=O) groups is 1. The highest BCUT2D eigenvalue weighted by molar-refractivity contribution is 5.79. The molecule has 0 aliphatic carbocycles. The van der Waals surface area contributed by atoms with Gasteiger partial charge in [-0.2, -0.15) is 0 Å². The van der Waals surface area contributed by atoms with Crippen LogP contribution in [0.1, 0.15) is 32.1 Å². The third kappa shape index (κ3) is 8.77. The molecule has 0 saturated heterocycles. The minimum absolute atomic E-state index is 0.822. The van der Waals surface area contributed by atoms with Gasteiger partial charge in [-0.25, -0.2) is 4.79 Å². The van der Waals surface area contributed by atoms with Gasteiger partial charge in [-0.05, 0) is 19.3 Å². The fourth-order valence-electron chi connectivity index (χ4n) is 0.850. The number of rotatable bonds is 6. The Labute approximate surface area is 73.3 Å². The van der Waals surface area contributed by atoms with E-state index in [0.717, 1.165) is 32.1 Å². The van der Waals surface area contributed by atoms with E-state index in [-0.39, 0.29) is 0 Å². The molecule has 0 unspecified atom stereocenters. The first-order chi connectivity index (χ1) is 5.77. The van der Waals surface area contributed by atoms with E-state index in [1.807, 2.05) is 0 Å². The molecule has 12 heavy (non-hydrogen) atoms. The van der Waals surface area contributed by atoms with Crippen LogP contribution in [0.3, 0.4) is 0 Å². The van der Waals surface area contributed by atoms with Crippen LogP contribution in [0.2, 0.25) is 0 Å². The molecule has 0 aromatic rings. The molecule has 2 heteroatoms. The summed E-state index contributed by atoms with van der Waals surface area (Å²) in [4.78, 5) is 10.0. The Hall–Kier alpha value is -1.23. The van der Waals surface area contributed by atoms with E-state index in [1.165, 1.54) is 6.08 Å². The lowest BCUT2D eigenvalue weighted by molar-refractivity contribution is -0.131. The summed E-state index contributed by atoms with van der Waals surface area (Å²) in [5.41, 5.74) is 0. The lowest BCUT2D eigenvalue weighted by Crippen LogP contribution is -1.85. The van der Waals surface area contributed by atoms with E-state index < -0.39 is 5.97 Å². The van der Waals surface area contributed by atoms with E-state index in [2.05, 4.69) is 5.92 Å². The smallest absolute Gasteiger partial charge is 0.327 e. The van der Waals surface area contributed by atoms with Crippen LogP contribution in [0.15, 0.2) is 12.2 Å². The molecule has 0 atom stereocenters. The second-order valence-electron chi connectivity index (χ2n) is 2.54. The molecule has 0 aliphatic rings. The van der Waals surface area contributed by atoms with Gasteiger partial charge in [0.1, 0.15) is 0 Å². The number of aliphatic carboxylic acids is 1. The lowest BCUT2D eigenvalue weighted by atomic mass is 10.1. The van der Waals surface area contributed by atoms with Crippen molar-refractivity contribution in [1.29, 1.82) is 0 Å². The first-order valence-electron chi connectivity index (χ1n) is 4.10. The molecule has 0 radical (unpaired) electrons. The summed E-state index contributed by atoms with van der Waals surface area (Å²) in [5, 5.41) is 8.24. The molecule has 0 heterocycles. The van der Waals surface area contributed by atoms with Crippen molar-refractivity contribution in [2.75, 3.05) is 0 Å². The number of hydrogen-bond donors (Lipinski definition) is 1. The number of unbranched alkanes of at least 4 members (excludes halogenated alkanes) is 4. The van der Waals surface area contributed by atoms with Crippen molar-refractivity contribution in [3.63, 3.8) is 0 Å². The highest BCUT2D eigenvalue weighted by Gasteiger charge is 1.87. The highest BCUT2D eigenvalue weighted by atomic mass is 16.4. The average Bonchev–Trinajstić information content (AvgIpc) is 2.02. The number of hydrogen-bond acceptors (Lipinski definition) is 1. The molecule has 0 fully saturated rings.